The lowest BCUT2D eigenvalue weighted by Gasteiger charge is -2.34. The van der Waals surface area contributed by atoms with Gasteiger partial charge in [-0.05, 0) is 38.0 Å². The minimum Gasteiger partial charge on any atom is -0.481 e. The van der Waals surface area contributed by atoms with Gasteiger partial charge in [-0.3, -0.25) is 9.59 Å². The molecule has 2 saturated heterocycles. The van der Waals surface area contributed by atoms with Gasteiger partial charge < -0.3 is 14.7 Å². The normalized spacial score (nSPS) is 28.3. The number of carboxylic acids is 1. The van der Waals surface area contributed by atoms with Crippen LogP contribution in [-0.2, 0) is 14.3 Å². The lowest BCUT2D eigenvalue weighted by atomic mass is 9.93. The van der Waals surface area contributed by atoms with Gasteiger partial charge in [0.25, 0.3) is 5.91 Å². The van der Waals surface area contributed by atoms with E-state index in [-0.39, 0.29) is 18.4 Å². The molecule has 2 fully saturated rings. The molecule has 2 aliphatic rings. The second-order valence-corrected chi connectivity index (χ2v) is 5.23. The van der Waals surface area contributed by atoms with Gasteiger partial charge in [-0.2, -0.15) is 0 Å². The van der Waals surface area contributed by atoms with Crippen molar-refractivity contribution in [1.29, 1.82) is 0 Å². The first-order valence-electron chi connectivity index (χ1n) is 6.79. The van der Waals surface area contributed by atoms with Crippen LogP contribution < -0.4 is 0 Å². The minimum atomic E-state index is -0.752. The Morgan fingerprint density at radius 3 is 2.78 bits per heavy atom. The predicted octanol–water partition coefficient (Wildman–Crippen LogP) is 1.27. The highest BCUT2D eigenvalue weighted by atomic mass is 16.5. The molecule has 0 radical (unpaired) electrons. The van der Waals surface area contributed by atoms with Crippen molar-refractivity contribution in [2.45, 2.75) is 44.6 Å². The van der Waals surface area contributed by atoms with Crippen LogP contribution >= 0.6 is 0 Å². The van der Waals surface area contributed by atoms with Gasteiger partial charge in [0, 0.05) is 26.1 Å². The molecular weight excluding hydrogens is 234 g/mol. The highest BCUT2D eigenvalue weighted by molar-refractivity contribution is 5.81. The average Bonchev–Trinajstić information content (AvgIpc) is 2.89. The van der Waals surface area contributed by atoms with Crippen LogP contribution in [0.2, 0.25) is 0 Å². The van der Waals surface area contributed by atoms with Crippen LogP contribution in [0.5, 0.6) is 0 Å². The molecule has 0 aromatic carbocycles. The van der Waals surface area contributed by atoms with Gasteiger partial charge in [0.2, 0.25) is 0 Å². The molecule has 1 N–H and O–H groups in total. The zero-order chi connectivity index (χ0) is 13.0. The Bertz CT molecular complexity index is 312. The predicted molar refractivity (Wildman–Crippen MR) is 65.1 cm³/mol. The maximum atomic E-state index is 12.2. The van der Waals surface area contributed by atoms with Crippen LogP contribution in [0.4, 0.5) is 0 Å². The molecule has 5 heteroatoms. The van der Waals surface area contributed by atoms with Gasteiger partial charge >= 0.3 is 5.97 Å². The van der Waals surface area contributed by atoms with Crippen LogP contribution in [0, 0.1) is 5.92 Å². The van der Waals surface area contributed by atoms with Gasteiger partial charge in [-0.25, -0.2) is 0 Å². The monoisotopic (exact) mass is 255 g/mol. The number of hydrogen-bond donors (Lipinski definition) is 1. The quantitative estimate of drug-likeness (QED) is 0.821. The van der Waals surface area contributed by atoms with Crippen LogP contribution in [0.1, 0.15) is 38.5 Å². The van der Waals surface area contributed by atoms with E-state index >= 15 is 0 Å². The largest absolute Gasteiger partial charge is 0.481 e. The minimum absolute atomic E-state index is 0.104. The van der Waals surface area contributed by atoms with Gasteiger partial charge in [-0.15, -0.1) is 0 Å². The maximum Gasteiger partial charge on any atom is 0.303 e. The van der Waals surface area contributed by atoms with Gasteiger partial charge in [0.1, 0.15) is 6.10 Å². The number of ether oxygens (including phenoxy) is 1. The first-order chi connectivity index (χ1) is 8.66. The molecule has 2 aliphatic heterocycles. The number of rotatable bonds is 4. The molecule has 0 bridgehead atoms. The van der Waals surface area contributed by atoms with Crippen LogP contribution in [-0.4, -0.2) is 47.7 Å². The summed E-state index contributed by atoms with van der Waals surface area (Å²) < 4.78 is 5.42. The lowest BCUT2D eigenvalue weighted by molar-refractivity contribution is -0.142. The van der Waals surface area contributed by atoms with Crippen molar-refractivity contribution in [2.75, 3.05) is 19.7 Å². The Morgan fingerprint density at radius 1 is 1.28 bits per heavy atom. The smallest absolute Gasteiger partial charge is 0.303 e. The Hall–Kier alpha value is -1.10. The van der Waals surface area contributed by atoms with Crippen LogP contribution in [0.3, 0.4) is 0 Å². The molecule has 0 aromatic rings. The summed E-state index contributed by atoms with van der Waals surface area (Å²) in [6.07, 6.45) is 4.42. The molecular formula is C13H21NO4. The summed E-state index contributed by atoms with van der Waals surface area (Å²) in [5.74, 6) is -0.315. The number of carbonyl (C=O) groups is 2. The second kappa shape index (κ2) is 6.18. The number of nitrogens with zero attached hydrogens (tertiary/aromatic N) is 1. The van der Waals surface area contributed by atoms with Gasteiger partial charge in [0.15, 0.2) is 0 Å². The van der Waals surface area contributed by atoms with E-state index in [4.69, 9.17) is 9.84 Å². The van der Waals surface area contributed by atoms with Crippen molar-refractivity contribution < 1.29 is 19.4 Å². The molecule has 102 valence electrons. The third kappa shape index (κ3) is 3.45. The topological polar surface area (TPSA) is 66.8 Å². The van der Waals surface area contributed by atoms with E-state index in [1.54, 1.807) is 0 Å². The summed E-state index contributed by atoms with van der Waals surface area (Å²) in [4.78, 5) is 24.6. The van der Waals surface area contributed by atoms with Crippen molar-refractivity contribution in [3.05, 3.63) is 0 Å². The third-order valence-electron chi connectivity index (χ3n) is 3.80. The van der Waals surface area contributed by atoms with E-state index in [0.29, 0.717) is 25.5 Å². The zero-order valence-electron chi connectivity index (χ0n) is 10.6. The Kier molecular flexibility index (Phi) is 4.58. The van der Waals surface area contributed by atoms with E-state index in [1.807, 2.05) is 4.90 Å². The summed E-state index contributed by atoms with van der Waals surface area (Å²) in [6, 6.07) is 0. The van der Waals surface area contributed by atoms with Gasteiger partial charge in [-0.1, -0.05) is 0 Å². The number of piperidine rings is 1. The SMILES string of the molecule is O=C(O)CCC1CCCN(C(=O)C2CCCO2)C1. The van der Waals surface area contributed by atoms with Crippen molar-refractivity contribution in [2.24, 2.45) is 5.92 Å². The second-order valence-electron chi connectivity index (χ2n) is 5.23. The van der Waals surface area contributed by atoms with Crippen LogP contribution in [0.15, 0.2) is 0 Å². The summed E-state index contributed by atoms with van der Waals surface area (Å²) in [7, 11) is 0. The number of likely N-dealkylation sites (tertiary alicyclic amines) is 1. The van der Waals surface area contributed by atoms with E-state index in [2.05, 4.69) is 0 Å². The van der Waals surface area contributed by atoms with E-state index < -0.39 is 5.97 Å². The highest BCUT2D eigenvalue weighted by Crippen LogP contribution is 2.23. The average molecular weight is 255 g/mol. The molecule has 2 unspecified atom stereocenters. The fourth-order valence-corrected chi connectivity index (χ4v) is 2.80. The summed E-state index contributed by atoms with van der Waals surface area (Å²) in [5.41, 5.74) is 0. The molecule has 2 atom stereocenters. The Morgan fingerprint density at radius 2 is 2.11 bits per heavy atom. The standard InChI is InChI=1S/C13H21NO4/c15-12(16)6-5-10-3-1-7-14(9-10)13(17)11-4-2-8-18-11/h10-11H,1-9H2,(H,15,16). The fourth-order valence-electron chi connectivity index (χ4n) is 2.80. The molecule has 18 heavy (non-hydrogen) atoms. The molecule has 2 rings (SSSR count). The summed E-state index contributed by atoms with van der Waals surface area (Å²) in [6.45, 7) is 2.18. The fraction of sp³-hybridized carbons (Fsp3) is 0.846. The van der Waals surface area contributed by atoms with Crippen LogP contribution in [0.25, 0.3) is 0 Å². The van der Waals surface area contributed by atoms with Crippen molar-refractivity contribution in [3.63, 3.8) is 0 Å². The molecule has 1 amide bonds. The summed E-state index contributed by atoms with van der Waals surface area (Å²) in [5, 5.41) is 8.69. The number of aliphatic carboxylic acids is 1. The van der Waals surface area contributed by atoms with E-state index in [0.717, 1.165) is 32.2 Å². The van der Waals surface area contributed by atoms with E-state index in [1.165, 1.54) is 0 Å². The molecule has 0 saturated carbocycles. The number of carbonyl (C=O) groups excluding carboxylic acids is 1. The van der Waals surface area contributed by atoms with E-state index in [9.17, 15) is 9.59 Å². The maximum absolute atomic E-state index is 12.2. The number of hydrogen-bond acceptors (Lipinski definition) is 3. The summed E-state index contributed by atoms with van der Waals surface area (Å²) >= 11 is 0. The lowest BCUT2D eigenvalue weighted by Crippen LogP contribution is -2.44. The first-order valence-corrected chi connectivity index (χ1v) is 6.79. The number of carboxylic acid groups (broad SMARTS) is 1. The first kappa shape index (κ1) is 13.3. The number of amides is 1. The van der Waals surface area contributed by atoms with Crippen molar-refractivity contribution in [3.8, 4) is 0 Å². The highest BCUT2D eigenvalue weighted by Gasteiger charge is 2.31. The Labute approximate surface area is 107 Å². The molecule has 5 nitrogen and oxygen atoms in total. The Balaban J connectivity index is 1.81. The molecule has 0 aliphatic carbocycles. The van der Waals surface area contributed by atoms with Crippen molar-refractivity contribution in [1.82, 2.24) is 4.90 Å². The molecule has 2 heterocycles. The molecule has 0 aromatic heterocycles. The third-order valence-corrected chi connectivity index (χ3v) is 3.80. The van der Waals surface area contributed by atoms with Crippen molar-refractivity contribution >= 4 is 11.9 Å². The van der Waals surface area contributed by atoms with Gasteiger partial charge in [0.05, 0.1) is 0 Å². The zero-order valence-corrected chi connectivity index (χ0v) is 10.6. The molecule has 0 spiro atoms.